The van der Waals surface area contributed by atoms with Gasteiger partial charge in [-0.1, -0.05) is 11.6 Å². The summed E-state index contributed by atoms with van der Waals surface area (Å²) in [5, 5.41) is 0.818. The van der Waals surface area contributed by atoms with Crippen LogP contribution in [-0.2, 0) is 12.8 Å². The standard InChI is InChI=1S/C12H10ClFO/c13-7-1-3-9-10-4-2-8(14)6-12(10)15-11(9)5-7/h5-6H,1-4H2. The summed E-state index contributed by atoms with van der Waals surface area (Å²) in [5.41, 5.74) is 2.39. The molecule has 0 aliphatic heterocycles. The highest BCUT2D eigenvalue weighted by Crippen LogP contribution is 2.37. The highest BCUT2D eigenvalue weighted by Gasteiger charge is 2.23. The molecule has 0 amide bonds. The summed E-state index contributed by atoms with van der Waals surface area (Å²) >= 11 is 5.95. The van der Waals surface area contributed by atoms with Crippen LogP contribution in [0.5, 0.6) is 0 Å². The second kappa shape index (κ2) is 3.24. The third kappa shape index (κ3) is 1.44. The van der Waals surface area contributed by atoms with Gasteiger partial charge in [-0.25, -0.2) is 4.39 Å². The number of furan rings is 1. The molecule has 0 saturated carbocycles. The third-order valence-electron chi connectivity index (χ3n) is 2.98. The zero-order valence-corrected chi connectivity index (χ0v) is 8.90. The van der Waals surface area contributed by atoms with Crippen molar-refractivity contribution in [1.29, 1.82) is 0 Å². The van der Waals surface area contributed by atoms with Gasteiger partial charge in [0.1, 0.15) is 17.3 Å². The van der Waals surface area contributed by atoms with Crippen LogP contribution in [0.1, 0.15) is 35.5 Å². The van der Waals surface area contributed by atoms with Crippen molar-refractivity contribution < 1.29 is 8.81 Å². The van der Waals surface area contributed by atoms with Crippen molar-refractivity contribution in [3.63, 3.8) is 0 Å². The molecule has 15 heavy (non-hydrogen) atoms. The van der Waals surface area contributed by atoms with Gasteiger partial charge in [-0.2, -0.15) is 0 Å². The largest absolute Gasteiger partial charge is 0.457 e. The van der Waals surface area contributed by atoms with E-state index in [1.807, 2.05) is 6.08 Å². The lowest BCUT2D eigenvalue weighted by Gasteiger charge is -2.10. The first-order chi connectivity index (χ1) is 7.24. The normalized spacial score (nSPS) is 19.1. The van der Waals surface area contributed by atoms with Crippen LogP contribution in [0.4, 0.5) is 4.39 Å². The van der Waals surface area contributed by atoms with E-state index < -0.39 is 0 Å². The number of hydrogen-bond donors (Lipinski definition) is 0. The quantitative estimate of drug-likeness (QED) is 0.648. The van der Waals surface area contributed by atoms with Gasteiger partial charge in [0.25, 0.3) is 0 Å². The van der Waals surface area contributed by atoms with Gasteiger partial charge < -0.3 is 4.42 Å². The van der Waals surface area contributed by atoms with E-state index >= 15 is 0 Å². The molecule has 1 aromatic rings. The Hall–Kier alpha value is -1.02. The van der Waals surface area contributed by atoms with Gasteiger partial charge in [-0.05, 0) is 25.3 Å². The first kappa shape index (κ1) is 9.22. The van der Waals surface area contributed by atoms with Gasteiger partial charge in [0.15, 0.2) is 0 Å². The summed E-state index contributed by atoms with van der Waals surface area (Å²) in [6.07, 6.45) is 6.38. The second-order valence-corrected chi connectivity index (χ2v) is 4.46. The fourth-order valence-electron chi connectivity index (χ4n) is 2.24. The zero-order valence-electron chi connectivity index (χ0n) is 8.15. The fourth-order valence-corrected chi connectivity index (χ4v) is 2.43. The van der Waals surface area contributed by atoms with Gasteiger partial charge in [-0.3, -0.25) is 0 Å². The van der Waals surface area contributed by atoms with E-state index in [0.29, 0.717) is 12.2 Å². The Labute approximate surface area is 92.2 Å². The van der Waals surface area contributed by atoms with Crippen LogP contribution in [0.15, 0.2) is 15.3 Å². The minimum absolute atomic E-state index is 0.0938. The molecule has 0 aromatic carbocycles. The molecule has 0 atom stereocenters. The van der Waals surface area contributed by atoms with E-state index in [0.717, 1.165) is 30.1 Å². The number of fused-ring (bicyclic) bond motifs is 3. The molecule has 3 heteroatoms. The Morgan fingerprint density at radius 3 is 2.47 bits per heavy atom. The minimum atomic E-state index is -0.0938. The lowest BCUT2D eigenvalue weighted by molar-refractivity contribution is 0.523. The molecule has 0 N–H and O–H groups in total. The fraction of sp³-hybridized carbons (Fsp3) is 0.333. The Kier molecular flexibility index (Phi) is 1.99. The average Bonchev–Trinajstić information content (AvgIpc) is 2.53. The summed E-state index contributed by atoms with van der Waals surface area (Å²) in [4.78, 5) is 0. The van der Waals surface area contributed by atoms with Crippen molar-refractivity contribution >= 4 is 23.8 Å². The summed E-state index contributed by atoms with van der Waals surface area (Å²) in [6.45, 7) is 0. The predicted octanol–water partition coefficient (Wildman–Crippen LogP) is 4.06. The Bertz CT molecular complexity index is 440. The monoisotopic (exact) mass is 224 g/mol. The lowest BCUT2D eigenvalue weighted by Crippen LogP contribution is -2.00. The third-order valence-corrected chi connectivity index (χ3v) is 3.28. The number of allylic oxidation sites excluding steroid dienone is 2. The van der Waals surface area contributed by atoms with E-state index in [-0.39, 0.29) is 5.83 Å². The molecular weight excluding hydrogens is 215 g/mol. The molecule has 0 radical (unpaired) electrons. The molecule has 1 aromatic heterocycles. The SMILES string of the molecule is FC1=Cc2oc3c(c2CC1)CCC(Cl)=C3. The Morgan fingerprint density at radius 1 is 1.00 bits per heavy atom. The summed E-state index contributed by atoms with van der Waals surface area (Å²) in [7, 11) is 0. The van der Waals surface area contributed by atoms with Crippen LogP contribution in [0, 0.1) is 0 Å². The van der Waals surface area contributed by atoms with Crippen LogP contribution < -0.4 is 0 Å². The highest BCUT2D eigenvalue weighted by atomic mass is 35.5. The van der Waals surface area contributed by atoms with Crippen molar-refractivity contribution in [1.82, 2.24) is 0 Å². The van der Waals surface area contributed by atoms with Gasteiger partial charge in [-0.15, -0.1) is 0 Å². The maximum atomic E-state index is 13.1. The number of halogens is 2. The van der Waals surface area contributed by atoms with E-state index in [4.69, 9.17) is 16.0 Å². The van der Waals surface area contributed by atoms with Crippen molar-refractivity contribution in [2.45, 2.75) is 25.7 Å². The molecule has 2 aliphatic rings. The number of hydrogen-bond acceptors (Lipinski definition) is 1. The topological polar surface area (TPSA) is 13.1 Å². The first-order valence-electron chi connectivity index (χ1n) is 5.11. The number of rotatable bonds is 0. The first-order valence-corrected chi connectivity index (χ1v) is 5.48. The molecule has 0 saturated heterocycles. The molecule has 3 rings (SSSR count). The van der Waals surface area contributed by atoms with Crippen LogP contribution in [0.2, 0.25) is 0 Å². The molecule has 0 unspecified atom stereocenters. The highest BCUT2D eigenvalue weighted by molar-refractivity contribution is 6.31. The van der Waals surface area contributed by atoms with Crippen molar-refractivity contribution in [3.05, 3.63) is 33.5 Å². The van der Waals surface area contributed by atoms with E-state index in [9.17, 15) is 4.39 Å². The molecular formula is C12H10ClFO. The molecule has 78 valence electrons. The maximum Gasteiger partial charge on any atom is 0.133 e. The van der Waals surface area contributed by atoms with Gasteiger partial charge >= 0.3 is 0 Å². The van der Waals surface area contributed by atoms with Crippen LogP contribution >= 0.6 is 11.6 Å². The molecule has 1 heterocycles. The summed E-state index contributed by atoms with van der Waals surface area (Å²) in [5.74, 6) is 1.41. The maximum absolute atomic E-state index is 13.1. The minimum Gasteiger partial charge on any atom is -0.457 e. The van der Waals surface area contributed by atoms with Crippen LogP contribution in [0.25, 0.3) is 12.2 Å². The van der Waals surface area contributed by atoms with Gasteiger partial charge in [0, 0.05) is 28.7 Å². The molecule has 1 nitrogen and oxygen atoms in total. The molecule has 0 bridgehead atoms. The Balaban J connectivity index is 2.16. The molecule has 0 spiro atoms. The van der Waals surface area contributed by atoms with Gasteiger partial charge in [0.05, 0.1) is 0 Å². The average molecular weight is 225 g/mol. The van der Waals surface area contributed by atoms with E-state index in [1.54, 1.807) is 0 Å². The summed E-state index contributed by atoms with van der Waals surface area (Å²) < 4.78 is 18.7. The van der Waals surface area contributed by atoms with Crippen molar-refractivity contribution in [2.24, 2.45) is 0 Å². The van der Waals surface area contributed by atoms with Gasteiger partial charge in [0.2, 0.25) is 0 Å². The molecule has 2 aliphatic carbocycles. The van der Waals surface area contributed by atoms with Crippen LogP contribution in [-0.4, -0.2) is 0 Å². The molecule has 0 fully saturated rings. The second-order valence-electron chi connectivity index (χ2n) is 3.97. The van der Waals surface area contributed by atoms with E-state index in [2.05, 4.69) is 0 Å². The van der Waals surface area contributed by atoms with Crippen LogP contribution in [0.3, 0.4) is 0 Å². The lowest BCUT2D eigenvalue weighted by atomic mass is 9.94. The zero-order chi connectivity index (χ0) is 10.4. The smallest absolute Gasteiger partial charge is 0.133 e. The van der Waals surface area contributed by atoms with Crippen molar-refractivity contribution in [2.75, 3.05) is 0 Å². The van der Waals surface area contributed by atoms with E-state index in [1.165, 1.54) is 17.2 Å². The Morgan fingerprint density at radius 2 is 1.67 bits per heavy atom. The predicted molar refractivity (Wildman–Crippen MR) is 58.3 cm³/mol. The van der Waals surface area contributed by atoms with Crippen molar-refractivity contribution in [3.8, 4) is 0 Å². The summed E-state index contributed by atoms with van der Waals surface area (Å²) in [6, 6.07) is 0.